The topological polar surface area (TPSA) is 140 Å². The number of aliphatic hydroxyl groups excluding tert-OH is 2. The van der Waals surface area contributed by atoms with E-state index in [1.165, 1.54) is 12.3 Å². The van der Waals surface area contributed by atoms with E-state index in [2.05, 4.69) is 25.5 Å². The van der Waals surface area contributed by atoms with Crippen LogP contribution < -0.4 is 25.2 Å². The van der Waals surface area contributed by atoms with E-state index in [1.54, 1.807) is 11.0 Å². The Morgan fingerprint density at radius 3 is 2.85 bits per heavy atom. The largest absolute Gasteiger partial charge is 0.491 e. The maximum Gasteiger partial charge on any atom is 0.329 e. The third-order valence-corrected chi connectivity index (χ3v) is 5.74. The number of anilines is 3. The number of ether oxygens (including phenoxy) is 1. The normalized spacial score (nSPS) is 17.4. The zero-order chi connectivity index (χ0) is 24.4. The first-order chi connectivity index (χ1) is 16.3. The summed E-state index contributed by atoms with van der Waals surface area (Å²) in [6.45, 7) is 6.60. The number of aromatic nitrogens is 2. The molecular formula is C23H30N6O5. The molecule has 2 aromatic heterocycles. The lowest BCUT2D eigenvalue weighted by Gasteiger charge is -2.36. The quantitative estimate of drug-likeness (QED) is 0.475. The maximum atomic E-state index is 13.4. The van der Waals surface area contributed by atoms with E-state index in [9.17, 15) is 14.7 Å². The summed E-state index contributed by atoms with van der Waals surface area (Å²) >= 11 is 0. The lowest BCUT2D eigenvalue weighted by Crippen LogP contribution is -2.48. The van der Waals surface area contributed by atoms with Gasteiger partial charge in [0.15, 0.2) is 5.82 Å². The van der Waals surface area contributed by atoms with E-state index < -0.39 is 18.7 Å². The molecule has 1 fully saturated rings. The molecule has 4 heterocycles. The number of carbonyl (C=O) groups excluding carboxylic acids is 2. The summed E-state index contributed by atoms with van der Waals surface area (Å²) in [6.07, 6.45) is 1.26. The number of nitrogens with zero attached hydrogens (tertiary/aromatic N) is 4. The van der Waals surface area contributed by atoms with Crippen LogP contribution in [-0.4, -0.2) is 76.6 Å². The average Bonchev–Trinajstić information content (AvgIpc) is 3.22. The molecule has 0 radical (unpaired) electrons. The highest BCUT2D eigenvalue weighted by molar-refractivity contribution is 6.05. The second-order valence-corrected chi connectivity index (χ2v) is 8.84. The summed E-state index contributed by atoms with van der Waals surface area (Å²) in [5, 5.41) is 24.1. The number of aliphatic hydroxyl groups is 2. The second-order valence-electron chi connectivity index (χ2n) is 8.84. The Morgan fingerprint density at radius 2 is 2.12 bits per heavy atom. The Kier molecular flexibility index (Phi) is 6.85. The summed E-state index contributed by atoms with van der Waals surface area (Å²) in [5.41, 5.74) is 1.87. The third-order valence-electron chi connectivity index (χ3n) is 5.74. The van der Waals surface area contributed by atoms with Gasteiger partial charge in [-0.3, -0.25) is 15.0 Å². The van der Waals surface area contributed by atoms with Gasteiger partial charge in [0.2, 0.25) is 0 Å². The van der Waals surface area contributed by atoms with Crippen LogP contribution in [0.3, 0.4) is 0 Å². The Bertz CT molecular complexity index is 1080. The second kappa shape index (κ2) is 9.82. The van der Waals surface area contributed by atoms with E-state index in [0.29, 0.717) is 23.8 Å². The summed E-state index contributed by atoms with van der Waals surface area (Å²) in [6, 6.07) is 4.52. The van der Waals surface area contributed by atoms with Gasteiger partial charge < -0.3 is 25.2 Å². The number of urea groups is 1. The SMILES string of the molecule is Cc1cc2c(nc1C(=O)NC(C)C)N(C(=O)Nc1cc(OC[C@H](O)CO)ccn1)[C@H]1CCN2C1. The minimum Gasteiger partial charge on any atom is -0.491 e. The third kappa shape index (κ3) is 4.90. The number of pyridine rings is 2. The van der Waals surface area contributed by atoms with Crippen LogP contribution in [0.1, 0.15) is 36.3 Å². The van der Waals surface area contributed by atoms with Crippen molar-refractivity contribution in [2.24, 2.45) is 0 Å². The molecule has 2 bridgehead atoms. The van der Waals surface area contributed by atoms with Crippen LogP contribution in [0.4, 0.5) is 22.1 Å². The van der Waals surface area contributed by atoms with Crippen molar-refractivity contribution >= 4 is 29.3 Å². The molecule has 0 aromatic carbocycles. The van der Waals surface area contributed by atoms with E-state index in [4.69, 9.17) is 9.84 Å². The number of amides is 3. The van der Waals surface area contributed by atoms with Crippen LogP contribution in [-0.2, 0) is 0 Å². The summed E-state index contributed by atoms with van der Waals surface area (Å²) in [4.78, 5) is 38.7. The van der Waals surface area contributed by atoms with Crippen molar-refractivity contribution in [1.82, 2.24) is 15.3 Å². The standard InChI is InChI=1S/C23H30N6O5/c1-13(2)25-22(32)20-14(3)8-18-21(27-20)29(15-5-7-28(18)10-15)23(33)26-19-9-17(4-6-24-19)34-12-16(31)11-30/h4,6,8-9,13,15-16,30-31H,5,7,10-12H2,1-3H3,(H,25,32)(H,24,26,33)/t15-,16+/m0/s1. The number of carbonyl (C=O) groups is 2. The van der Waals surface area contributed by atoms with Gasteiger partial charge in [-0.25, -0.2) is 14.8 Å². The van der Waals surface area contributed by atoms with Crippen LogP contribution in [0.5, 0.6) is 5.75 Å². The molecule has 0 spiro atoms. The van der Waals surface area contributed by atoms with Crippen molar-refractivity contribution in [2.75, 3.05) is 41.4 Å². The van der Waals surface area contributed by atoms with Crippen molar-refractivity contribution < 1.29 is 24.5 Å². The van der Waals surface area contributed by atoms with Gasteiger partial charge in [-0.2, -0.15) is 0 Å². The number of nitrogens with one attached hydrogen (secondary N) is 2. The molecule has 0 unspecified atom stereocenters. The molecule has 4 N–H and O–H groups in total. The van der Waals surface area contributed by atoms with E-state index in [-0.39, 0.29) is 30.4 Å². The van der Waals surface area contributed by atoms with Gasteiger partial charge in [-0.15, -0.1) is 0 Å². The van der Waals surface area contributed by atoms with Crippen molar-refractivity contribution in [1.29, 1.82) is 0 Å². The monoisotopic (exact) mass is 470 g/mol. The van der Waals surface area contributed by atoms with E-state index >= 15 is 0 Å². The summed E-state index contributed by atoms with van der Waals surface area (Å²) in [7, 11) is 0. The highest BCUT2D eigenvalue weighted by Gasteiger charge is 2.41. The number of hydrogen-bond acceptors (Lipinski definition) is 8. The van der Waals surface area contributed by atoms with Gasteiger partial charge in [-0.1, -0.05) is 0 Å². The van der Waals surface area contributed by atoms with Crippen molar-refractivity contribution in [3.05, 3.63) is 35.7 Å². The Labute approximate surface area is 197 Å². The zero-order valence-electron chi connectivity index (χ0n) is 19.5. The van der Waals surface area contributed by atoms with E-state index in [1.807, 2.05) is 26.8 Å². The van der Waals surface area contributed by atoms with Crippen LogP contribution in [0.25, 0.3) is 0 Å². The first-order valence-corrected chi connectivity index (χ1v) is 11.3. The predicted molar refractivity (Wildman–Crippen MR) is 127 cm³/mol. The number of fused-ring (bicyclic) bond motifs is 4. The lowest BCUT2D eigenvalue weighted by atomic mass is 10.1. The van der Waals surface area contributed by atoms with Gasteiger partial charge >= 0.3 is 6.03 Å². The fraction of sp³-hybridized carbons (Fsp3) is 0.478. The average molecular weight is 471 g/mol. The molecule has 2 aromatic rings. The molecule has 1 saturated heterocycles. The molecule has 2 aliphatic rings. The first-order valence-electron chi connectivity index (χ1n) is 11.3. The molecule has 34 heavy (non-hydrogen) atoms. The lowest BCUT2D eigenvalue weighted by molar-refractivity contribution is 0.0536. The summed E-state index contributed by atoms with van der Waals surface area (Å²) in [5.74, 6) is 0.836. The fourth-order valence-corrected chi connectivity index (χ4v) is 4.15. The van der Waals surface area contributed by atoms with Crippen molar-refractivity contribution in [2.45, 2.75) is 45.4 Å². The molecule has 0 aliphatic carbocycles. The molecule has 4 rings (SSSR count). The number of rotatable bonds is 7. The van der Waals surface area contributed by atoms with Crippen LogP contribution >= 0.6 is 0 Å². The molecule has 2 aliphatic heterocycles. The highest BCUT2D eigenvalue weighted by atomic mass is 16.5. The van der Waals surface area contributed by atoms with Crippen LogP contribution in [0.15, 0.2) is 24.4 Å². The zero-order valence-corrected chi connectivity index (χ0v) is 19.5. The molecule has 0 saturated carbocycles. The predicted octanol–water partition coefficient (Wildman–Crippen LogP) is 1.29. The van der Waals surface area contributed by atoms with Gasteiger partial charge in [0, 0.05) is 31.4 Å². The van der Waals surface area contributed by atoms with Gasteiger partial charge in [-0.05, 0) is 44.9 Å². The molecule has 182 valence electrons. The van der Waals surface area contributed by atoms with Gasteiger partial charge in [0.05, 0.1) is 18.3 Å². The van der Waals surface area contributed by atoms with Gasteiger partial charge in [0.25, 0.3) is 5.91 Å². The van der Waals surface area contributed by atoms with E-state index in [0.717, 1.165) is 24.2 Å². The molecule has 11 heteroatoms. The van der Waals surface area contributed by atoms with Crippen molar-refractivity contribution in [3.63, 3.8) is 0 Å². The van der Waals surface area contributed by atoms with Crippen LogP contribution in [0.2, 0.25) is 0 Å². The smallest absolute Gasteiger partial charge is 0.329 e. The Hall–Kier alpha value is -3.44. The number of aryl methyl sites for hydroxylation is 1. The minimum atomic E-state index is -1.00. The Morgan fingerprint density at radius 1 is 1.32 bits per heavy atom. The number of hydrogen-bond donors (Lipinski definition) is 4. The molecule has 2 atom stereocenters. The van der Waals surface area contributed by atoms with Crippen LogP contribution in [0, 0.1) is 6.92 Å². The first kappa shape index (κ1) is 23.7. The summed E-state index contributed by atoms with van der Waals surface area (Å²) < 4.78 is 5.44. The molecule has 11 nitrogen and oxygen atoms in total. The molecule has 3 amide bonds. The maximum absolute atomic E-state index is 13.4. The van der Waals surface area contributed by atoms with Crippen molar-refractivity contribution in [3.8, 4) is 5.75 Å². The molecular weight excluding hydrogens is 440 g/mol. The Balaban J connectivity index is 1.59. The fourth-order valence-electron chi connectivity index (χ4n) is 4.15. The highest BCUT2D eigenvalue weighted by Crippen LogP contribution is 2.40. The van der Waals surface area contributed by atoms with Gasteiger partial charge in [0.1, 0.15) is 30.0 Å². The minimum absolute atomic E-state index is 0.0388.